The summed E-state index contributed by atoms with van der Waals surface area (Å²) < 4.78 is 2.11. The quantitative estimate of drug-likeness (QED) is 0.735. The van der Waals surface area contributed by atoms with Crippen molar-refractivity contribution in [1.82, 2.24) is 9.88 Å². The third-order valence-corrected chi connectivity index (χ3v) is 3.93. The van der Waals surface area contributed by atoms with Crippen LogP contribution in [0.5, 0.6) is 5.75 Å². The molecule has 0 aliphatic heterocycles. The number of carbonyl (C=O) groups is 1. The van der Waals surface area contributed by atoms with Gasteiger partial charge < -0.3 is 15.0 Å². The third kappa shape index (κ3) is 3.92. The Kier molecular flexibility index (Phi) is 4.62. The van der Waals surface area contributed by atoms with E-state index in [0.29, 0.717) is 19.5 Å². The van der Waals surface area contributed by atoms with Gasteiger partial charge in [-0.2, -0.15) is 0 Å². The largest absolute Gasteiger partial charge is 0.508 e. The summed E-state index contributed by atoms with van der Waals surface area (Å²) in [6, 6.07) is 17.3. The Balaban J connectivity index is 1.45. The Morgan fingerprint density at radius 3 is 2.65 bits per heavy atom. The lowest BCUT2D eigenvalue weighted by atomic mass is 10.1. The van der Waals surface area contributed by atoms with Crippen LogP contribution in [0.25, 0.3) is 10.9 Å². The summed E-state index contributed by atoms with van der Waals surface area (Å²) in [7, 11) is 0. The molecule has 1 heterocycles. The number of benzene rings is 2. The molecule has 4 nitrogen and oxygen atoms in total. The number of nitrogens with zero attached hydrogens (tertiary/aromatic N) is 1. The van der Waals surface area contributed by atoms with Gasteiger partial charge in [0.1, 0.15) is 5.75 Å². The smallest absolute Gasteiger partial charge is 0.221 e. The first-order valence-electron chi connectivity index (χ1n) is 7.81. The van der Waals surface area contributed by atoms with Crippen molar-refractivity contribution in [3.63, 3.8) is 0 Å². The molecule has 118 valence electrons. The molecular formula is C19H20N2O2. The standard InChI is InChI=1S/C19H20N2O2/c22-17-7-5-15(6-8-17)9-12-20-19(23)11-14-21-13-10-16-3-1-2-4-18(16)21/h1-8,10,13,22H,9,11-12,14H2,(H,20,23). The lowest BCUT2D eigenvalue weighted by Crippen LogP contribution is -2.26. The predicted octanol–water partition coefficient (Wildman–Crippen LogP) is 3.10. The van der Waals surface area contributed by atoms with E-state index in [1.807, 2.05) is 30.5 Å². The molecule has 3 aromatic rings. The maximum Gasteiger partial charge on any atom is 0.221 e. The van der Waals surface area contributed by atoms with E-state index < -0.39 is 0 Å². The van der Waals surface area contributed by atoms with Crippen molar-refractivity contribution >= 4 is 16.8 Å². The van der Waals surface area contributed by atoms with Crippen LogP contribution in [0.4, 0.5) is 0 Å². The maximum atomic E-state index is 12.0. The minimum atomic E-state index is 0.0570. The molecule has 2 aromatic carbocycles. The molecule has 0 bridgehead atoms. The molecule has 1 amide bonds. The molecule has 0 aliphatic carbocycles. The highest BCUT2D eigenvalue weighted by molar-refractivity contribution is 5.80. The number of fused-ring (bicyclic) bond motifs is 1. The summed E-state index contributed by atoms with van der Waals surface area (Å²) in [5, 5.41) is 13.4. The number of amides is 1. The highest BCUT2D eigenvalue weighted by Gasteiger charge is 2.04. The fraction of sp³-hybridized carbons (Fsp3) is 0.211. The van der Waals surface area contributed by atoms with Crippen LogP contribution >= 0.6 is 0 Å². The number of aryl methyl sites for hydroxylation is 1. The van der Waals surface area contributed by atoms with Crippen molar-refractivity contribution in [3.8, 4) is 5.75 Å². The Bertz CT molecular complexity index is 790. The number of hydrogen-bond donors (Lipinski definition) is 2. The first kappa shape index (κ1) is 15.2. The molecule has 4 heteroatoms. The van der Waals surface area contributed by atoms with E-state index in [1.54, 1.807) is 12.1 Å². The molecule has 0 unspecified atom stereocenters. The third-order valence-electron chi connectivity index (χ3n) is 3.93. The van der Waals surface area contributed by atoms with Crippen molar-refractivity contribution in [1.29, 1.82) is 0 Å². The van der Waals surface area contributed by atoms with Gasteiger partial charge in [-0.15, -0.1) is 0 Å². The van der Waals surface area contributed by atoms with Gasteiger partial charge in [0.2, 0.25) is 5.91 Å². The average molecular weight is 308 g/mol. The van der Waals surface area contributed by atoms with E-state index in [-0.39, 0.29) is 11.7 Å². The molecule has 0 fully saturated rings. The van der Waals surface area contributed by atoms with Gasteiger partial charge >= 0.3 is 0 Å². The normalized spacial score (nSPS) is 10.8. The van der Waals surface area contributed by atoms with E-state index in [4.69, 9.17) is 0 Å². The van der Waals surface area contributed by atoms with Gasteiger partial charge in [-0.3, -0.25) is 4.79 Å². The number of rotatable bonds is 6. The van der Waals surface area contributed by atoms with Crippen LogP contribution in [0.15, 0.2) is 60.8 Å². The summed E-state index contributed by atoms with van der Waals surface area (Å²) in [4.78, 5) is 12.0. The van der Waals surface area contributed by atoms with Crippen molar-refractivity contribution in [2.75, 3.05) is 6.54 Å². The van der Waals surface area contributed by atoms with Crippen LogP contribution in [0.2, 0.25) is 0 Å². The summed E-state index contributed by atoms with van der Waals surface area (Å²) in [5.74, 6) is 0.318. The highest BCUT2D eigenvalue weighted by Crippen LogP contribution is 2.15. The number of para-hydroxylation sites is 1. The Hall–Kier alpha value is -2.75. The fourth-order valence-corrected chi connectivity index (χ4v) is 2.65. The summed E-state index contributed by atoms with van der Waals surface area (Å²) in [6.45, 7) is 1.29. The summed E-state index contributed by atoms with van der Waals surface area (Å²) in [6.07, 6.45) is 3.25. The van der Waals surface area contributed by atoms with E-state index in [0.717, 1.165) is 17.5 Å². The van der Waals surface area contributed by atoms with Gasteiger partial charge in [0, 0.05) is 31.2 Å². The van der Waals surface area contributed by atoms with Crippen molar-refractivity contribution < 1.29 is 9.90 Å². The minimum Gasteiger partial charge on any atom is -0.508 e. The van der Waals surface area contributed by atoms with Crippen molar-refractivity contribution in [2.24, 2.45) is 0 Å². The fourth-order valence-electron chi connectivity index (χ4n) is 2.65. The number of hydrogen-bond acceptors (Lipinski definition) is 2. The second-order valence-corrected chi connectivity index (χ2v) is 5.58. The van der Waals surface area contributed by atoms with E-state index in [9.17, 15) is 9.90 Å². The lowest BCUT2D eigenvalue weighted by Gasteiger charge is -2.07. The summed E-state index contributed by atoms with van der Waals surface area (Å²) in [5.41, 5.74) is 2.25. The Morgan fingerprint density at radius 2 is 1.83 bits per heavy atom. The zero-order valence-electron chi connectivity index (χ0n) is 12.9. The van der Waals surface area contributed by atoms with Crippen LogP contribution in [0.3, 0.4) is 0 Å². The van der Waals surface area contributed by atoms with Crippen LogP contribution in [-0.2, 0) is 17.8 Å². The number of aromatic hydroxyl groups is 1. The van der Waals surface area contributed by atoms with Crippen LogP contribution in [0.1, 0.15) is 12.0 Å². The molecule has 2 N–H and O–H groups in total. The number of phenolic OH excluding ortho intramolecular Hbond substituents is 1. The lowest BCUT2D eigenvalue weighted by molar-refractivity contribution is -0.121. The predicted molar refractivity (Wildman–Crippen MR) is 91.4 cm³/mol. The Labute approximate surface area is 135 Å². The number of phenols is 1. The molecule has 23 heavy (non-hydrogen) atoms. The number of carbonyl (C=O) groups excluding carboxylic acids is 1. The van der Waals surface area contributed by atoms with E-state index in [2.05, 4.69) is 28.1 Å². The highest BCUT2D eigenvalue weighted by atomic mass is 16.3. The molecule has 3 rings (SSSR count). The van der Waals surface area contributed by atoms with Crippen molar-refractivity contribution in [3.05, 3.63) is 66.4 Å². The molecule has 0 saturated heterocycles. The second-order valence-electron chi connectivity index (χ2n) is 5.58. The first-order valence-corrected chi connectivity index (χ1v) is 7.81. The number of aromatic nitrogens is 1. The van der Waals surface area contributed by atoms with Gasteiger partial charge in [-0.25, -0.2) is 0 Å². The number of nitrogens with one attached hydrogen (secondary N) is 1. The van der Waals surface area contributed by atoms with Crippen LogP contribution in [0, 0.1) is 0 Å². The van der Waals surface area contributed by atoms with Gasteiger partial charge in [0.05, 0.1) is 0 Å². The topological polar surface area (TPSA) is 54.3 Å². The molecule has 0 radical (unpaired) electrons. The van der Waals surface area contributed by atoms with Crippen molar-refractivity contribution in [2.45, 2.75) is 19.4 Å². The van der Waals surface area contributed by atoms with Gasteiger partial charge in [0.15, 0.2) is 0 Å². The SMILES string of the molecule is O=C(CCn1ccc2ccccc21)NCCc1ccc(O)cc1. The molecule has 0 spiro atoms. The van der Waals surface area contributed by atoms with Crippen LogP contribution < -0.4 is 5.32 Å². The van der Waals surface area contributed by atoms with E-state index >= 15 is 0 Å². The molecule has 1 aromatic heterocycles. The van der Waals surface area contributed by atoms with Gasteiger partial charge in [-0.1, -0.05) is 30.3 Å². The van der Waals surface area contributed by atoms with Crippen LogP contribution in [-0.4, -0.2) is 22.1 Å². The molecule has 0 aliphatic rings. The zero-order chi connectivity index (χ0) is 16.1. The minimum absolute atomic E-state index is 0.0570. The first-order chi connectivity index (χ1) is 11.2. The second kappa shape index (κ2) is 7.01. The maximum absolute atomic E-state index is 12.0. The zero-order valence-corrected chi connectivity index (χ0v) is 12.9. The molecule has 0 saturated carbocycles. The van der Waals surface area contributed by atoms with Gasteiger partial charge in [0.25, 0.3) is 0 Å². The monoisotopic (exact) mass is 308 g/mol. The molecular weight excluding hydrogens is 288 g/mol. The average Bonchev–Trinajstić information content (AvgIpc) is 2.98. The van der Waals surface area contributed by atoms with E-state index in [1.165, 1.54) is 5.39 Å². The van der Waals surface area contributed by atoms with Gasteiger partial charge in [-0.05, 0) is 41.6 Å². The Morgan fingerprint density at radius 1 is 1.04 bits per heavy atom. The molecule has 0 atom stereocenters. The summed E-state index contributed by atoms with van der Waals surface area (Å²) >= 11 is 0.